The summed E-state index contributed by atoms with van der Waals surface area (Å²) >= 11 is 0. The Labute approximate surface area is 72.5 Å². The van der Waals surface area contributed by atoms with Crippen molar-refractivity contribution in [2.75, 3.05) is 0 Å². The van der Waals surface area contributed by atoms with E-state index in [2.05, 4.69) is 5.32 Å². The summed E-state index contributed by atoms with van der Waals surface area (Å²) in [4.78, 5) is 22.2. The highest BCUT2D eigenvalue weighted by atomic mass is 16.2. The lowest BCUT2D eigenvalue weighted by atomic mass is 9.94. The van der Waals surface area contributed by atoms with E-state index in [1.54, 1.807) is 6.92 Å². The van der Waals surface area contributed by atoms with Crippen LogP contribution in [0, 0.1) is 0 Å². The quantitative estimate of drug-likeness (QED) is 0.671. The van der Waals surface area contributed by atoms with Gasteiger partial charge in [0, 0.05) is 12.8 Å². The normalized spacial score (nSPS) is 23.8. The van der Waals surface area contributed by atoms with E-state index < -0.39 is 0 Å². The highest BCUT2D eigenvalue weighted by Gasteiger charge is 2.22. The first-order valence-electron chi connectivity index (χ1n) is 4.56. The number of hydrogen-bond donors (Lipinski definition) is 1. The van der Waals surface area contributed by atoms with Gasteiger partial charge in [0.15, 0.2) is 5.78 Å². The second-order valence-electron chi connectivity index (χ2n) is 3.19. The highest BCUT2D eigenvalue weighted by Crippen LogP contribution is 2.14. The van der Waals surface area contributed by atoms with Crippen LogP contribution in [0.1, 0.15) is 39.0 Å². The maximum atomic E-state index is 11.2. The first kappa shape index (κ1) is 9.23. The molecule has 12 heavy (non-hydrogen) atoms. The number of rotatable bonds is 2. The standard InChI is InChI=1S/C9H15NO2/c1-2-9(12)10-7-5-3-4-6-8(7)11/h7H,2-6H2,1H3,(H,10,12). The van der Waals surface area contributed by atoms with Crippen molar-refractivity contribution in [3.8, 4) is 0 Å². The van der Waals surface area contributed by atoms with Gasteiger partial charge in [0.25, 0.3) is 0 Å². The van der Waals surface area contributed by atoms with Crippen molar-refractivity contribution >= 4 is 11.7 Å². The summed E-state index contributed by atoms with van der Waals surface area (Å²) in [6, 6.07) is -0.189. The largest absolute Gasteiger partial charge is 0.346 e. The molecule has 0 saturated heterocycles. The summed E-state index contributed by atoms with van der Waals surface area (Å²) in [6.45, 7) is 1.79. The molecule has 3 nitrogen and oxygen atoms in total. The van der Waals surface area contributed by atoms with Crippen LogP contribution in [0.2, 0.25) is 0 Å². The Morgan fingerprint density at radius 2 is 2.33 bits per heavy atom. The van der Waals surface area contributed by atoms with Crippen molar-refractivity contribution < 1.29 is 9.59 Å². The first-order valence-corrected chi connectivity index (χ1v) is 4.56. The monoisotopic (exact) mass is 169 g/mol. The molecule has 0 aromatic carbocycles. The number of Topliss-reactive ketones (excluding diaryl/α,β-unsaturated/α-hetero) is 1. The average molecular weight is 169 g/mol. The fraction of sp³-hybridized carbons (Fsp3) is 0.778. The summed E-state index contributed by atoms with van der Waals surface area (Å²) in [7, 11) is 0. The highest BCUT2D eigenvalue weighted by molar-refractivity contribution is 5.89. The third-order valence-electron chi connectivity index (χ3n) is 2.21. The number of ketones is 1. The zero-order valence-corrected chi connectivity index (χ0v) is 7.43. The van der Waals surface area contributed by atoms with Crippen LogP contribution in [-0.4, -0.2) is 17.7 Å². The third kappa shape index (κ3) is 2.32. The molecule has 1 aliphatic carbocycles. The smallest absolute Gasteiger partial charge is 0.220 e. The van der Waals surface area contributed by atoms with Crippen LogP contribution in [-0.2, 0) is 9.59 Å². The predicted molar refractivity (Wildman–Crippen MR) is 45.7 cm³/mol. The van der Waals surface area contributed by atoms with Crippen LogP contribution < -0.4 is 5.32 Å². The van der Waals surface area contributed by atoms with Gasteiger partial charge in [0.1, 0.15) is 0 Å². The minimum Gasteiger partial charge on any atom is -0.346 e. The zero-order chi connectivity index (χ0) is 8.97. The summed E-state index contributed by atoms with van der Waals surface area (Å²) in [6.07, 6.45) is 3.96. The molecule has 0 aromatic rings. The molecule has 0 spiro atoms. The zero-order valence-electron chi connectivity index (χ0n) is 7.43. The summed E-state index contributed by atoms with van der Waals surface area (Å²) in [5.41, 5.74) is 0. The molecule has 1 rings (SSSR count). The lowest BCUT2D eigenvalue weighted by Crippen LogP contribution is -2.42. The van der Waals surface area contributed by atoms with Gasteiger partial charge in [0.05, 0.1) is 6.04 Å². The van der Waals surface area contributed by atoms with E-state index >= 15 is 0 Å². The van der Waals surface area contributed by atoms with Crippen molar-refractivity contribution in [3.63, 3.8) is 0 Å². The molecule has 1 unspecified atom stereocenters. The van der Waals surface area contributed by atoms with Crippen molar-refractivity contribution in [1.29, 1.82) is 0 Å². The second kappa shape index (κ2) is 4.24. The van der Waals surface area contributed by atoms with Crippen molar-refractivity contribution in [2.45, 2.75) is 45.1 Å². The molecule has 0 bridgehead atoms. The molecule has 68 valence electrons. The van der Waals surface area contributed by atoms with E-state index in [9.17, 15) is 9.59 Å². The molecule has 0 aromatic heterocycles. The SMILES string of the molecule is CCC(=O)NC1CCCCC1=O. The number of amides is 1. The summed E-state index contributed by atoms with van der Waals surface area (Å²) < 4.78 is 0. The Morgan fingerprint density at radius 3 is 2.92 bits per heavy atom. The minimum atomic E-state index is -0.189. The Hall–Kier alpha value is -0.860. The second-order valence-corrected chi connectivity index (χ2v) is 3.19. The minimum absolute atomic E-state index is 0.0183. The van der Waals surface area contributed by atoms with Gasteiger partial charge in [-0.1, -0.05) is 13.3 Å². The van der Waals surface area contributed by atoms with E-state index in [1.807, 2.05) is 0 Å². The summed E-state index contributed by atoms with van der Waals surface area (Å²) in [5, 5.41) is 2.73. The molecule has 1 amide bonds. The Kier molecular flexibility index (Phi) is 3.26. The number of nitrogens with one attached hydrogen (secondary N) is 1. The van der Waals surface area contributed by atoms with E-state index in [0.717, 1.165) is 19.3 Å². The van der Waals surface area contributed by atoms with Crippen molar-refractivity contribution in [3.05, 3.63) is 0 Å². The molecule has 1 fully saturated rings. The molecular formula is C9H15NO2. The van der Waals surface area contributed by atoms with E-state index in [0.29, 0.717) is 12.8 Å². The molecule has 3 heteroatoms. The van der Waals surface area contributed by atoms with Gasteiger partial charge < -0.3 is 5.32 Å². The fourth-order valence-corrected chi connectivity index (χ4v) is 1.43. The molecule has 0 heterocycles. The molecule has 0 radical (unpaired) electrons. The van der Waals surface area contributed by atoms with Crippen LogP contribution >= 0.6 is 0 Å². The molecule has 1 saturated carbocycles. The number of hydrogen-bond acceptors (Lipinski definition) is 2. The van der Waals surface area contributed by atoms with Crippen LogP contribution in [0.4, 0.5) is 0 Å². The van der Waals surface area contributed by atoms with Crippen LogP contribution in [0.25, 0.3) is 0 Å². The fourth-order valence-electron chi connectivity index (χ4n) is 1.43. The average Bonchev–Trinajstić information content (AvgIpc) is 2.09. The van der Waals surface area contributed by atoms with E-state index in [4.69, 9.17) is 0 Å². The molecular weight excluding hydrogens is 154 g/mol. The Bertz CT molecular complexity index is 189. The van der Waals surface area contributed by atoms with Gasteiger partial charge in [0.2, 0.25) is 5.91 Å². The molecule has 1 N–H and O–H groups in total. The number of carbonyl (C=O) groups excluding carboxylic acids is 2. The van der Waals surface area contributed by atoms with Crippen LogP contribution in [0.3, 0.4) is 0 Å². The van der Waals surface area contributed by atoms with E-state index in [-0.39, 0.29) is 17.7 Å². The van der Waals surface area contributed by atoms with Gasteiger partial charge >= 0.3 is 0 Å². The Morgan fingerprint density at radius 1 is 1.58 bits per heavy atom. The van der Waals surface area contributed by atoms with E-state index in [1.165, 1.54) is 0 Å². The third-order valence-corrected chi connectivity index (χ3v) is 2.21. The maximum Gasteiger partial charge on any atom is 0.220 e. The van der Waals surface area contributed by atoms with Gasteiger partial charge in [-0.05, 0) is 12.8 Å². The topological polar surface area (TPSA) is 46.2 Å². The molecule has 0 aliphatic heterocycles. The van der Waals surface area contributed by atoms with Crippen LogP contribution in [0.15, 0.2) is 0 Å². The lowest BCUT2D eigenvalue weighted by Gasteiger charge is -2.21. The lowest BCUT2D eigenvalue weighted by molar-refractivity contribution is -0.128. The Balaban J connectivity index is 2.39. The first-order chi connectivity index (χ1) is 5.74. The van der Waals surface area contributed by atoms with Crippen molar-refractivity contribution in [2.24, 2.45) is 0 Å². The van der Waals surface area contributed by atoms with Gasteiger partial charge in [-0.15, -0.1) is 0 Å². The van der Waals surface area contributed by atoms with Gasteiger partial charge in [-0.2, -0.15) is 0 Å². The number of carbonyl (C=O) groups is 2. The maximum absolute atomic E-state index is 11.2. The van der Waals surface area contributed by atoms with Crippen molar-refractivity contribution in [1.82, 2.24) is 5.32 Å². The molecule has 1 aliphatic rings. The van der Waals surface area contributed by atoms with Gasteiger partial charge in [-0.25, -0.2) is 0 Å². The molecule has 1 atom stereocenters. The van der Waals surface area contributed by atoms with Crippen LogP contribution in [0.5, 0.6) is 0 Å². The predicted octanol–water partition coefficient (Wildman–Crippen LogP) is 1.02. The van der Waals surface area contributed by atoms with Gasteiger partial charge in [-0.3, -0.25) is 9.59 Å². The summed E-state index contributed by atoms with van der Waals surface area (Å²) in [5.74, 6) is 0.179.